The summed E-state index contributed by atoms with van der Waals surface area (Å²) in [5.41, 5.74) is 8.79. The maximum absolute atomic E-state index is 13.0. The molecule has 0 aliphatic heterocycles. The Kier molecular flexibility index (Phi) is 3.39. The predicted octanol–water partition coefficient (Wildman–Crippen LogP) is 3.94. The van der Waals surface area contributed by atoms with Crippen molar-refractivity contribution in [1.29, 1.82) is 0 Å². The molecule has 0 bridgehead atoms. The summed E-state index contributed by atoms with van der Waals surface area (Å²) in [5.74, 6) is 1.14. The van der Waals surface area contributed by atoms with Crippen LogP contribution >= 0.6 is 0 Å². The Morgan fingerprint density at radius 1 is 1.14 bits per heavy atom. The van der Waals surface area contributed by atoms with Crippen LogP contribution in [0.4, 0.5) is 4.39 Å². The highest BCUT2D eigenvalue weighted by molar-refractivity contribution is 5.83. The van der Waals surface area contributed by atoms with E-state index in [-0.39, 0.29) is 5.82 Å². The summed E-state index contributed by atoms with van der Waals surface area (Å²) in [4.78, 5) is 0. The highest BCUT2D eigenvalue weighted by Gasteiger charge is 2.19. The molecule has 1 atom stereocenters. The third kappa shape index (κ3) is 2.38. The van der Waals surface area contributed by atoms with Crippen LogP contribution in [0, 0.1) is 12.7 Å². The molecule has 108 valence electrons. The van der Waals surface area contributed by atoms with Gasteiger partial charge in [0.15, 0.2) is 0 Å². The molecular formula is C17H16FNO2. The minimum absolute atomic E-state index is 0.281. The van der Waals surface area contributed by atoms with E-state index in [4.69, 9.17) is 14.9 Å². The van der Waals surface area contributed by atoms with Crippen LogP contribution in [0.5, 0.6) is 5.75 Å². The third-order valence-electron chi connectivity index (χ3n) is 3.69. The van der Waals surface area contributed by atoms with Crippen molar-refractivity contribution in [2.24, 2.45) is 5.73 Å². The number of methoxy groups -OCH3 is 1. The molecule has 1 heterocycles. The summed E-state index contributed by atoms with van der Waals surface area (Å²) >= 11 is 0. The second-order valence-electron chi connectivity index (χ2n) is 4.98. The molecule has 1 aromatic heterocycles. The molecule has 2 N–H and O–H groups in total. The molecule has 0 saturated heterocycles. The van der Waals surface area contributed by atoms with Crippen molar-refractivity contribution in [1.82, 2.24) is 0 Å². The minimum Gasteiger partial charge on any atom is -0.497 e. The van der Waals surface area contributed by atoms with Crippen LogP contribution in [-0.4, -0.2) is 7.11 Å². The Labute approximate surface area is 122 Å². The molecule has 0 amide bonds. The summed E-state index contributed by atoms with van der Waals surface area (Å²) in [6.07, 6.45) is 0. The fourth-order valence-corrected chi connectivity index (χ4v) is 2.47. The fraction of sp³-hybridized carbons (Fsp3) is 0.176. The van der Waals surface area contributed by atoms with Crippen molar-refractivity contribution < 1.29 is 13.5 Å². The van der Waals surface area contributed by atoms with E-state index in [0.29, 0.717) is 5.76 Å². The van der Waals surface area contributed by atoms with Crippen LogP contribution in [0.3, 0.4) is 0 Å². The molecule has 0 fully saturated rings. The lowest BCUT2D eigenvalue weighted by Gasteiger charge is -2.10. The first kappa shape index (κ1) is 13.6. The van der Waals surface area contributed by atoms with Crippen LogP contribution < -0.4 is 10.5 Å². The first-order valence-electron chi connectivity index (χ1n) is 6.68. The third-order valence-corrected chi connectivity index (χ3v) is 3.69. The number of aryl methyl sites for hydroxylation is 1. The molecule has 0 aliphatic carbocycles. The predicted molar refractivity (Wildman–Crippen MR) is 79.9 cm³/mol. The standard InChI is InChI=1S/C17H16FNO2/c1-10-14-8-7-13(20-2)9-15(14)21-17(10)16(19)11-3-5-12(18)6-4-11/h3-9,16H,19H2,1-2H3. The van der Waals surface area contributed by atoms with Gasteiger partial charge in [0.25, 0.3) is 0 Å². The SMILES string of the molecule is COc1ccc2c(C)c(C(N)c3ccc(F)cc3)oc2c1. The zero-order chi connectivity index (χ0) is 15.0. The van der Waals surface area contributed by atoms with E-state index in [2.05, 4.69) is 0 Å². The van der Waals surface area contributed by atoms with Crippen molar-refractivity contribution in [2.45, 2.75) is 13.0 Å². The molecule has 0 radical (unpaired) electrons. The van der Waals surface area contributed by atoms with Gasteiger partial charge in [0.1, 0.15) is 22.9 Å². The van der Waals surface area contributed by atoms with Crippen molar-refractivity contribution in [3.63, 3.8) is 0 Å². The Bertz CT molecular complexity index is 777. The first-order chi connectivity index (χ1) is 10.1. The quantitative estimate of drug-likeness (QED) is 0.793. The molecule has 21 heavy (non-hydrogen) atoms. The van der Waals surface area contributed by atoms with E-state index >= 15 is 0 Å². The number of hydrogen-bond donors (Lipinski definition) is 1. The summed E-state index contributed by atoms with van der Waals surface area (Å²) in [7, 11) is 1.61. The van der Waals surface area contributed by atoms with Gasteiger partial charge in [-0.1, -0.05) is 12.1 Å². The molecule has 0 saturated carbocycles. The lowest BCUT2D eigenvalue weighted by atomic mass is 10.0. The maximum atomic E-state index is 13.0. The molecule has 3 rings (SSSR count). The highest BCUT2D eigenvalue weighted by Crippen LogP contribution is 2.33. The molecule has 3 nitrogen and oxygen atoms in total. The monoisotopic (exact) mass is 285 g/mol. The number of rotatable bonds is 3. The fourth-order valence-electron chi connectivity index (χ4n) is 2.47. The van der Waals surface area contributed by atoms with E-state index in [1.54, 1.807) is 19.2 Å². The van der Waals surface area contributed by atoms with E-state index < -0.39 is 6.04 Å². The highest BCUT2D eigenvalue weighted by atomic mass is 19.1. The normalized spacial score (nSPS) is 12.6. The Morgan fingerprint density at radius 2 is 1.86 bits per heavy atom. The van der Waals surface area contributed by atoms with E-state index in [0.717, 1.165) is 27.8 Å². The molecular weight excluding hydrogens is 269 g/mol. The summed E-state index contributed by atoms with van der Waals surface area (Å²) < 4.78 is 24.1. The molecule has 2 aromatic carbocycles. The lowest BCUT2D eigenvalue weighted by Crippen LogP contribution is -2.12. The Hall–Kier alpha value is -2.33. The largest absolute Gasteiger partial charge is 0.497 e. The Morgan fingerprint density at radius 3 is 2.52 bits per heavy atom. The number of furan rings is 1. The van der Waals surface area contributed by atoms with Gasteiger partial charge in [-0.3, -0.25) is 0 Å². The van der Waals surface area contributed by atoms with E-state index in [1.807, 2.05) is 25.1 Å². The van der Waals surface area contributed by atoms with Gasteiger partial charge in [-0.2, -0.15) is 0 Å². The Balaban J connectivity index is 2.07. The van der Waals surface area contributed by atoms with Crippen LogP contribution in [-0.2, 0) is 0 Å². The van der Waals surface area contributed by atoms with E-state index in [9.17, 15) is 4.39 Å². The zero-order valence-electron chi connectivity index (χ0n) is 11.9. The number of ether oxygens (including phenoxy) is 1. The van der Waals surface area contributed by atoms with Gasteiger partial charge in [0.05, 0.1) is 13.2 Å². The summed E-state index contributed by atoms with van der Waals surface area (Å²) in [5, 5.41) is 1.00. The second kappa shape index (κ2) is 5.22. The smallest absolute Gasteiger partial charge is 0.138 e. The summed E-state index contributed by atoms with van der Waals surface area (Å²) in [6.45, 7) is 1.97. The molecule has 4 heteroatoms. The van der Waals surface area contributed by atoms with Crippen LogP contribution in [0.15, 0.2) is 46.9 Å². The zero-order valence-corrected chi connectivity index (χ0v) is 11.9. The second-order valence-corrected chi connectivity index (χ2v) is 4.98. The van der Waals surface area contributed by atoms with Crippen LogP contribution in [0.1, 0.15) is 22.9 Å². The molecule has 3 aromatic rings. The van der Waals surface area contributed by atoms with Gasteiger partial charge in [0.2, 0.25) is 0 Å². The van der Waals surface area contributed by atoms with Gasteiger partial charge in [0, 0.05) is 17.0 Å². The van der Waals surface area contributed by atoms with Crippen LogP contribution in [0.2, 0.25) is 0 Å². The molecule has 1 unspecified atom stereocenters. The molecule has 0 aliphatic rings. The van der Waals surface area contributed by atoms with Gasteiger partial charge in [-0.05, 0) is 36.8 Å². The van der Waals surface area contributed by atoms with Crippen molar-refractivity contribution in [3.05, 3.63) is 65.2 Å². The number of nitrogens with two attached hydrogens (primary N) is 1. The van der Waals surface area contributed by atoms with E-state index in [1.165, 1.54) is 12.1 Å². The molecule has 0 spiro atoms. The van der Waals surface area contributed by atoms with Gasteiger partial charge in [-0.15, -0.1) is 0 Å². The topological polar surface area (TPSA) is 48.4 Å². The first-order valence-corrected chi connectivity index (χ1v) is 6.68. The number of hydrogen-bond acceptors (Lipinski definition) is 3. The average Bonchev–Trinajstić information content (AvgIpc) is 2.83. The lowest BCUT2D eigenvalue weighted by molar-refractivity contribution is 0.414. The van der Waals surface area contributed by atoms with Crippen LogP contribution in [0.25, 0.3) is 11.0 Å². The maximum Gasteiger partial charge on any atom is 0.138 e. The van der Waals surface area contributed by atoms with Gasteiger partial charge < -0.3 is 14.9 Å². The number of benzene rings is 2. The van der Waals surface area contributed by atoms with Gasteiger partial charge in [-0.25, -0.2) is 4.39 Å². The number of halogens is 1. The minimum atomic E-state index is -0.427. The summed E-state index contributed by atoms with van der Waals surface area (Å²) in [6, 6.07) is 11.4. The average molecular weight is 285 g/mol. The van der Waals surface area contributed by atoms with Crippen molar-refractivity contribution in [3.8, 4) is 5.75 Å². The van der Waals surface area contributed by atoms with Crippen molar-refractivity contribution >= 4 is 11.0 Å². The van der Waals surface area contributed by atoms with Crippen molar-refractivity contribution in [2.75, 3.05) is 7.11 Å². The van der Waals surface area contributed by atoms with Gasteiger partial charge >= 0.3 is 0 Å². The number of fused-ring (bicyclic) bond motifs is 1.